The number of aromatic nitrogens is 1. The van der Waals surface area contributed by atoms with E-state index in [1.165, 1.54) is 30.5 Å². The fourth-order valence-electron chi connectivity index (χ4n) is 5.83. The van der Waals surface area contributed by atoms with Gasteiger partial charge in [0.05, 0.1) is 10.6 Å². The number of hydrogen-bond acceptors (Lipinski definition) is 7. The lowest BCUT2D eigenvalue weighted by molar-refractivity contribution is -0.127. The molecule has 2 atom stereocenters. The molecule has 2 aliphatic rings. The number of nitrogens with two attached hydrogens (primary N) is 1. The summed E-state index contributed by atoms with van der Waals surface area (Å²) in [7, 11) is -8.16. The molecule has 1 aliphatic carbocycles. The Balaban J connectivity index is 1.69. The Morgan fingerprint density at radius 3 is 2.45 bits per heavy atom. The highest BCUT2D eigenvalue weighted by molar-refractivity contribution is 7.93. The quantitative estimate of drug-likeness (QED) is 0.372. The van der Waals surface area contributed by atoms with Crippen molar-refractivity contribution in [2.45, 2.75) is 68.5 Å². The average Bonchev–Trinajstić information content (AvgIpc) is 3.31. The van der Waals surface area contributed by atoms with Crippen molar-refractivity contribution in [3.63, 3.8) is 0 Å². The van der Waals surface area contributed by atoms with E-state index in [-0.39, 0.29) is 45.2 Å². The van der Waals surface area contributed by atoms with Crippen molar-refractivity contribution >= 4 is 55.0 Å². The first-order valence-corrected chi connectivity index (χ1v) is 17.9. The lowest BCUT2D eigenvalue weighted by atomic mass is 9.94. The number of nitrogens with zero attached hydrogens (tertiary/aromatic N) is 3. The summed E-state index contributed by atoms with van der Waals surface area (Å²) in [5.41, 5.74) is 1.06. The third-order valence-corrected chi connectivity index (χ3v) is 11.0. The van der Waals surface area contributed by atoms with Crippen LogP contribution in [0.1, 0.15) is 55.7 Å². The van der Waals surface area contributed by atoms with Crippen LogP contribution in [0.3, 0.4) is 0 Å². The smallest absolute Gasteiger partial charge is 0.252 e. The molecule has 2 fully saturated rings. The predicted molar refractivity (Wildman–Crippen MR) is 168 cm³/mol. The van der Waals surface area contributed by atoms with Gasteiger partial charge in [0.15, 0.2) is 0 Å². The summed E-state index contributed by atoms with van der Waals surface area (Å²) < 4.78 is 52.4. The van der Waals surface area contributed by atoms with Gasteiger partial charge in [0.2, 0.25) is 26.0 Å². The van der Waals surface area contributed by atoms with E-state index in [1.54, 1.807) is 43.3 Å². The highest BCUT2D eigenvalue weighted by atomic mass is 35.5. The van der Waals surface area contributed by atoms with E-state index in [4.69, 9.17) is 16.7 Å². The van der Waals surface area contributed by atoms with Crippen molar-refractivity contribution in [3.05, 3.63) is 83.0 Å². The van der Waals surface area contributed by atoms with Crippen LogP contribution in [0, 0.1) is 6.92 Å². The molecule has 11 nitrogen and oxygen atoms in total. The van der Waals surface area contributed by atoms with Crippen molar-refractivity contribution in [2.75, 3.05) is 15.0 Å². The van der Waals surface area contributed by atoms with Crippen molar-refractivity contribution in [1.82, 2.24) is 10.3 Å². The molecule has 0 spiro atoms. The normalized spacial score (nSPS) is 19.3. The van der Waals surface area contributed by atoms with Crippen LogP contribution in [0.4, 0.5) is 11.5 Å². The molecule has 0 bridgehead atoms. The van der Waals surface area contributed by atoms with Crippen LogP contribution in [0.15, 0.2) is 71.8 Å². The lowest BCUT2D eigenvalue weighted by Gasteiger charge is -2.36. The summed E-state index contributed by atoms with van der Waals surface area (Å²) in [6.45, 7) is 1.78. The van der Waals surface area contributed by atoms with Gasteiger partial charge in [0, 0.05) is 28.5 Å². The number of rotatable bonds is 8. The van der Waals surface area contributed by atoms with E-state index < -0.39 is 43.9 Å². The van der Waals surface area contributed by atoms with E-state index in [0.29, 0.717) is 0 Å². The molecule has 1 saturated heterocycles. The number of aryl methyl sites for hydroxylation is 1. The SMILES string of the molecule is Cc1ccnc(N2[C@H](C(=O)N(c3cccc(S(N)(=O)=O)c3)[C@H](C(=O)NC3CCCCC3)c3ccccc3Cl)CCS2(=O)=O)c1. The minimum atomic E-state index is -4.20. The second-order valence-electron chi connectivity index (χ2n) is 11.1. The molecule has 3 aromatic rings. The third-order valence-electron chi connectivity index (χ3n) is 7.96. The van der Waals surface area contributed by atoms with Crippen molar-refractivity contribution in [3.8, 4) is 0 Å². The number of carbonyl (C=O) groups excluding carboxylic acids is 2. The lowest BCUT2D eigenvalue weighted by Crippen LogP contribution is -2.53. The number of pyridine rings is 1. The van der Waals surface area contributed by atoms with Crippen LogP contribution in [0.2, 0.25) is 5.02 Å². The van der Waals surface area contributed by atoms with Crippen molar-refractivity contribution in [1.29, 1.82) is 0 Å². The highest BCUT2D eigenvalue weighted by Gasteiger charge is 2.47. The van der Waals surface area contributed by atoms with Gasteiger partial charge in [-0.3, -0.25) is 14.5 Å². The standard InChI is InChI=1S/C30H34ClN5O6S2/c1-20-14-16-33-27(18-20)36-26(15-17-43(36,39)40)30(38)35(22-10-7-11-23(19-22)44(32,41)42)28(24-12-5-6-13-25(24)31)29(37)34-21-8-3-2-4-9-21/h5-7,10-14,16,18-19,21,26,28H,2-4,8-9,15,17H2,1H3,(H,34,37)(H2,32,41,42)/t26-,28-/m0/s1. The Kier molecular flexibility index (Phi) is 9.30. The molecular formula is C30H34ClN5O6S2. The Morgan fingerprint density at radius 2 is 1.77 bits per heavy atom. The fourth-order valence-corrected chi connectivity index (χ4v) is 8.31. The third kappa shape index (κ3) is 6.75. The zero-order chi connectivity index (χ0) is 31.6. The maximum Gasteiger partial charge on any atom is 0.252 e. The second-order valence-corrected chi connectivity index (χ2v) is 15.1. The Morgan fingerprint density at radius 1 is 1.05 bits per heavy atom. The number of nitrogens with one attached hydrogen (secondary N) is 1. The highest BCUT2D eigenvalue weighted by Crippen LogP contribution is 2.37. The van der Waals surface area contributed by atoms with E-state index in [0.717, 1.165) is 46.9 Å². The van der Waals surface area contributed by atoms with E-state index in [9.17, 15) is 26.4 Å². The number of benzene rings is 2. The first kappa shape index (κ1) is 31.9. The molecule has 5 rings (SSSR count). The van der Waals surface area contributed by atoms with Gasteiger partial charge in [0.25, 0.3) is 5.91 Å². The predicted octanol–water partition coefficient (Wildman–Crippen LogP) is 3.82. The topological polar surface area (TPSA) is 160 Å². The van der Waals surface area contributed by atoms with Gasteiger partial charge in [-0.15, -0.1) is 0 Å². The maximum atomic E-state index is 14.8. The summed E-state index contributed by atoms with van der Waals surface area (Å²) in [5, 5.41) is 8.71. The number of primary sulfonamides is 1. The molecule has 44 heavy (non-hydrogen) atoms. The molecule has 2 aromatic carbocycles. The zero-order valence-electron chi connectivity index (χ0n) is 24.1. The van der Waals surface area contributed by atoms with Crippen LogP contribution in [-0.2, 0) is 29.6 Å². The van der Waals surface area contributed by atoms with Crippen LogP contribution in [-0.4, -0.2) is 51.5 Å². The van der Waals surface area contributed by atoms with Gasteiger partial charge in [-0.25, -0.2) is 31.3 Å². The number of hydrogen-bond donors (Lipinski definition) is 2. The molecule has 234 valence electrons. The molecule has 3 N–H and O–H groups in total. The number of halogens is 1. The minimum Gasteiger partial charge on any atom is -0.351 e. The number of anilines is 2. The summed E-state index contributed by atoms with van der Waals surface area (Å²) in [6, 6.07) is 12.4. The van der Waals surface area contributed by atoms with Crippen molar-refractivity contribution < 1.29 is 26.4 Å². The Hall–Kier alpha value is -3.52. The fraction of sp³-hybridized carbons (Fsp3) is 0.367. The van der Waals surface area contributed by atoms with Crippen molar-refractivity contribution in [2.24, 2.45) is 5.14 Å². The molecule has 1 aliphatic heterocycles. The largest absolute Gasteiger partial charge is 0.351 e. The number of sulfonamides is 2. The number of carbonyl (C=O) groups is 2. The summed E-state index contributed by atoms with van der Waals surface area (Å²) in [6.07, 6.45) is 5.86. The average molecular weight is 660 g/mol. The van der Waals surface area contributed by atoms with Crippen LogP contribution in [0.25, 0.3) is 0 Å². The van der Waals surface area contributed by atoms with Gasteiger partial charge >= 0.3 is 0 Å². The summed E-state index contributed by atoms with van der Waals surface area (Å²) in [4.78, 5) is 34.1. The first-order valence-electron chi connectivity index (χ1n) is 14.3. The van der Waals surface area contributed by atoms with E-state index >= 15 is 0 Å². The monoisotopic (exact) mass is 659 g/mol. The maximum absolute atomic E-state index is 14.8. The molecule has 0 unspecified atom stereocenters. The van der Waals surface area contributed by atoms with Crippen LogP contribution in [0.5, 0.6) is 0 Å². The van der Waals surface area contributed by atoms with Gasteiger partial charge in [-0.2, -0.15) is 0 Å². The number of amides is 2. The first-order chi connectivity index (χ1) is 20.9. The Labute approximate surface area is 262 Å². The van der Waals surface area contributed by atoms with Gasteiger partial charge in [-0.05, 0) is 68.1 Å². The van der Waals surface area contributed by atoms with Crippen LogP contribution < -0.4 is 19.7 Å². The van der Waals surface area contributed by atoms with E-state index in [2.05, 4.69) is 10.3 Å². The molecule has 2 amide bonds. The Bertz CT molecular complexity index is 1780. The zero-order valence-corrected chi connectivity index (χ0v) is 26.5. The van der Waals surface area contributed by atoms with Gasteiger partial charge < -0.3 is 5.32 Å². The van der Waals surface area contributed by atoms with E-state index in [1.807, 2.05) is 0 Å². The minimum absolute atomic E-state index is 0.0340. The molecule has 2 heterocycles. The summed E-state index contributed by atoms with van der Waals surface area (Å²) in [5.74, 6) is -1.53. The second kappa shape index (κ2) is 12.8. The summed E-state index contributed by atoms with van der Waals surface area (Å²) >= 11 is 6.64. The molecule has 0 radical (unpaired) electrons. The van der Waals surface area contributed by atoms with Gasteiger partial charge in [0.1, 0.15) is 17.9 Å². The molecular weight excluding hydrogens is 626 g/mol. The molecule has 1 aromatic heterocycles. The van der Waals surface area contributed by atoms with Crippen LogP contribution >= 0.6 is 11.6 Å². The molecule has 1 saturated carbocycles. The molecule has 14 heteroatoms. The van der Waals surface area contributed by atoms with Gasteiger partial charge in [-0.1, -0.05) is 55.1 Å².